The van der Waals surface area contributed by atoms with Gasteiger partial charge in [0, 0.05) is 23.6 Å². The van der Waals surface area contributed by atoms with Gasteiger partial charge in [-0.05, 0) is 26.0 Å². The van der Waals surface area contributed by atoms with E-state index in [1.54, 1.807) is 31.4 Å². The molecule has 2 aromatic heterocycles. The maximum atomic E-state index is 10.2. The standard InChI is InChI=1S/C15H16N4O2S/c1-8(2)16-15-19-18-14(22-15)12-7-13(20)10-5-4-9(21-3)6-11(10)17-12/h4-8H,1-3H3,(H,16,19)(H,17,20). The van der Waals surface area contributed by atoms with Gasteiger partial charge in [0.1, 0.15) is 17.2 Å². The number of nitrogens with zero attached hydrogens (tertiary/aromatic N) is 3. The fourth-order valence-corrected chi connectivity index (χ4v) is 2.91. The van der Waals surface area contributed by atoms with Gasteiger partial charge in [0.25, 0.3) is 0 Å². The van der Waals surface area contributed by atoms with Crippen molar-refractivity contribution in [2.24, 2.45) is 0 Å². The number of aromatic hydroxyl groups is 1. The molecule has 22 heavy (non-hydrogen) atoms. The van der Waals surface area contributed by atoms with Crippen molar-refractivity contribution >= 4 is 27.4 Å². The van der Waals surface area contributed by atoms with Crippen LogP contribution in [0.25, 0.3) is 21.6 Å². The van der Waals surface area contributed by atoms with Gasteiger partial charge in [-0.25, -0.2) is 4.98 Å². The zero-order valence-corrected chi connectivity index (χ0v) is 13.3. The largest absolute Gasteiger partial charge is 0.507 e. The molecule has 1 aromatic carbocycles. The lowest BCUT2D eigenvalue weighted by Crippen LogP contribution is -2.08. The Balaban J connectivity index is 2.05. The minimum absolute atomic E-state index is 0.163. The molecular weight excluding hydrogens is 300 g/mol. The quantitative estimate of drug-likeness (QED) is 0.769. The van der Waals surface area contributed by atoms with Crippen LogP contribution in [-0.4, -0.2) is 33.4 Å². The van der Waals surface area contributed by atoms with Gasteiger partial charge < -0.3 is 15.2 Å². The summed E-state index contributed by atoms with van der Waals surface area (Å²) < 4.78 is 5.20. The highest BCUT2D eigenvalue weighted by Crippen LogP contribution is 2.33. The topological polar surface area (TPSA) is 80.2 Å². The molecule has 0 aliphatic heterocycles. The number of aromatic nitrogens is 3. The number of fused-ring (bicyclic) bond motifs is 1. The van der Waals surface area contributed by atoms with E-state index in [1.807, 2.05) is 13.8 Å². The first-order chi connectivity index (χ1) is 10.6. The summed E-state index contributed by atoms with van der Waals surface area (Å²) in [5.74, 6) is 0.854. The summed E-state index contributed by atoms with van der Waals surface area (Å²) >= 11 is 1.40. The average molecular weight is 316 g/mol. The van der Waals surface area contributed by atoms with Crippen molar-refractivity contribution in [3.63, 3.8) is 0 Å². The van der Waals surface area contributed by atoms with Crippen molar-refractivity contribution in [2.75, 3.05) is 12.4 Å². The Morgan fingerprint density at radius 1 is 1.23 bits per heavy atom. The smallest absolute Gasteiger partial charge is 0.206 e. The predicted molar refractivity (Wildman–Crippen MR) is 87.6 cm³/mol. The van der Waals surface area contributed by atoms with Gasteiger partial charge >= 0.3 is 0 Å². The van der Waals surface area contributed by atoms with Gasteiger partial charge in [0.05, 0.1) is 12.6 Å². The number of benzene rings is 1. The van der Waals surface area contributed by atoms with E-state index in [0.717, 1.165) is 5.13 Å². The number of methoxy groups -OCH3 is 1. The molecule has 0 aliphatic carbocycles. The van der Waals surface area contributed by atoms with Crippen LogP contribution in [0.4, 0.5) is 5.13 Å². The highest BCUT2D eigenvalue weighted by Gasteiger charge is 2.12. The third-order valence-electron chi connectivity index (χ3n) is 3.05. The Bertz CT molecular complexity index is 816. The molecule has 0 aliphatic rings. The molecule has 3 aromatic rings. The van der Waals surface area contributed by atoms with Crippen molar-refractivity contribution in [3.8, 4) is 22.2 Å². The van der Waals surface area contributed by atoms with E-state index in [9.17, 15) is 5.11 Å². The maximum absolute atomic E-state index is 10.2. The summed E-state index contributed by atoms with van der Waals surface area (Å²) in [4.78, 5) is 4.55. The molecule has 6 nitrogen and oxygen atoms in total. The molecule has 2 N–H and O–H groups in total. The van der Waals surface area contributed by atoms with Gasteiger partial charge in [-0.15, -0.1) is 10.2 Å². The first kappa shape index (κ1) is 14.5. The van der Waals surface area contributed by atoms with E-state index in [4.69, 9.17) is 4.74 Å². The molecule has 0 bridgehead atoms. The van der Waals surface area contributed by atoms with Crippen LogP contribution in [0.5, 0.6) is 11.5 Å². The van der Waals surface area contributed by atoms with Crippen LogP contribution in [0.15, 0.2) is 24.3 Å². The monoisotopic (exact) mass is 316 g/mol. The number of hydrogen-bond acceptors (Lipinski definition) is 7. The van der Waals surface area contributed by atoms with Crippen LogP contribution in [0.1, 0.15) is 13.8 Å². The summed E-state index contributed by atoms with van der Waals surface area (Å²) in [6.07, 6.45) is 0. The van der Waals surface area contributed by atoms with E-state index in [0.29, 0.717) is 27.4 Å². The summed E-state index contributed by atoms with van der Waals surface area (Å²) in [6.45, 7) is 4.07. The number of ether oxygens (including phenoxy) is 1. The van der Waals surface area contributed by atoms with Crippen LogP contribution in [0, 0.1) is 0 Å². The van der Waals surface area contributed by atoms with E-state index >= 15 is 0 Å². The van der Waals surface area contributed by atoms with Gasteiger partial charge in [0.15, 0.2) is 5.01 Å². The fourth-order valence-electron chi connectivity index (χ4n) is 2.06. The molecule has 0 amide bonds. The molecule has 0 fully saturated rings. The number of rotatable bonds is 4. The summed E-state index contributed by atoms with van der Waals surface area (Å²) in [5, 5.41) is 23.7. The van der Waals surface area contributed by atoms with E-state index in [1.165, 1.54) is 11.3 Å². The highest BCUT2D eigenvalue weighted by molar-refractivity contribution is 7.18. The molecule has 3 rings (SSSR count). The molecule has 114 valence electrons. The molecule has 0 spiro atoms. The average Bonchev–Trinajstić information content (AvgIpc) is 2.94. The minimum Gasteiger partial charge on any atom is -0.507 e. The van der Waals surface area contributed by atoms with Gasteiger partial charge in [-0.3, -0.25) is 0 Å². The first-order valence-electron chi connectivity index (χ1n) is 6.85. The molecule has 0 radical (unpaired) electrons. The number of pyridine rings is 1. The number of hydrogen-bond donors (Lipinski definition) is 2. The lowest BCUT2D eigenvalue weighted by molar-refractivity contribution is 0.415. The lowest BCUT2D eigenvalue weighted by atomic mass is 10.1. The second kappa shape index (κ2) is 5.76. The molecule has 7 heteroatoms. The maximum Gasteiger partial charge on any atom is 0.206 e. The Kier molecular flexibility index (Phi) is 3.81. The third kappa shape index (κ3) is 2.80. The fraction of sp³-hybridized carbons (Fsp3) is 0.267. The Labute approximate surface area is 131 Å². The van der Waals surface area contributed by atoms with Gasteiger partial charge in [0.2, 0.25) is 5.13 Å². The molecule has 0 unspecified atom stereocenters. The van der Waals surface area contributed by atoms with E-state index in [-0.39, 0.29) is 11.8 Å². The SMILES string of the molecule is COc1ccc2c(O)cc(-c3nnc(NC(C)C)s3)nc2c1. The summed E-state index contributed by atoms with van der Waals surface area (Å²) in [7, 11) is 1.60. The minimum atomic E-state index is 0.163. The van der Waals surface area contributed by atoms with Crippen LogP contribution in [0.3, 0.4) is 0 Å². The first-order valence-corrected chi connectivity index (χ1v) is 7.66. The Hall–Kier alpha value is -2.41. The zero-order chi connectivity index (χ0) is 15.7. The van der Waals surface area contributed by atoms with Crippen LogP contribution >= 0.6 is 11.3 Å². The van der Waals surface area contributed by atoms with Crippen molar-refractivity contribution in [1.29, 1.82) is 0 Å². The van der Waals surface area contributed by atoms with Crippen molar-refractivity contribution in [3.05, 3.63) is 24.3 Å². The van der Waals surface area contributed by atoms with Crippen LogP contribution in [-0.2, 0) is 0 Å². The Morgan fingerprint density at radius 2 is 2.05 bits per heavy atom. The number of anilines is 1. The molecular formula is C15H16N4O2S. The van der Waals surface area contributed by atoms with E-state index < -0.39 is 0 Å². The molecule has 0 atom stereocenters. The second-order valence-corrected chi connectivity index (χ2v) is 6.10. The molecule has 0 saturated heterocycles. The zero-order valence-electron chi connectivity index (χ0n) is 12.5. The van der Waals surface area contributed by atoms with Crippen molar-refractivity contribution < 1.29 is 9.84 Å². The van der Waals surface area contributed by atoms with Crippen LogP contribution in [0.2, 0.25) is 0 Å². The summed E-state index contributed by atoms with van der Waals surface area (Å²) in [5.41, 5.74) is 1.25. The van der Waals surface area contributed by atoms with Gasteiger partial charge in [-0.1, -0.05) is 11.3 Å². The predicted octanol–water partition coefficient (Wildman–Crippen LogP) is 3.29. The molecule has 0 saturated carbocycles. The van der Waals surface area contributed by atoms with Crippen molar-refractivity contribution in [1.82, 2.24) is 15.2 Å². The Morgan fingerprint density at radius 3 is 2.77 bits per heavy atom. The molecule has 2 heterocycles. The third-order valence-corrected chi connectivity index (χ3v) is 3.93. The highest BCUT2D eigenvalue weighted by atomic mass is 32.1. The number of nitrogens with one attached hydrogen (secondary N) is 1. The lowest BCUT2D eigenvalue weighted by Gasteiger charge is -2.05. The second-order valence-electron chi connectivity index (χ2n) is 5.12. The van der Waals surface area contributed by atoms with Crippen LogP contribution < -0.4 is 10.1 Å². The van der Waals surface area contributed by atoms with Gasteiger partial charge in [-0.2, -0.15) is 0 Å². The van der Waals surface area contributed by atoms with Crippen molar-refractivity contribution in [2.45, 2.75) is 19.9 Å². The normalized spacial score (nSPS) is 11.1. The van der Waals surface area contributed by atoms with E-state index in [2.05, 4.69) is 20.5 Å². The summed E-state index contributed by atoms with van der Waals surface area (Å²) in [6, 6.07) is 7.25.